The summed E-state index contributed by atoms with van der Waals surface area (Å²) in [6.07, 6.45) is 0.457. The summed E-state index contributed by atoms with van der Waals surface area (Å²) in [5.74, 6) is 0.0791. The first-order valence-corrected chi connectivity index (χ1v) is 8.11. The fourth-order valence-electron chi connectivity index (χ4n) is 2.70. The fourth-order valence-corrected chi connectivity index (χ4v) is 2.70. The second kappa shape index (κ2) is 8.88. The Morgan fingerprint density at radius 1 is 1.41 bits per heavy atom. The lowest BCUT2D eigenvalue weighted by Crippen LogP contribution is -2.51. The zero-order valence-corrected chi connectivity index (χ0v) is 13.4. The molecule has 1 heterocycles. The molecule has 122 valence electrons. The monoisotopic (exact) mass is 305 g/mol. The predicted molar refractivity (Wildman–Crippen MR) is 87.4 cm³/mol. The Morgan fingerprint density at radius 3 is 2.86 bits per heavy atom. The minimum atomic E-state index is -0.352. The van der Waals surface area contributed by atoms with Gasteiger partial charge < -0.3 is 15.4 Å². The van der Waals surface area contributed by atoms with Gasteiger partial charge in [0, 0.05) is 26.2 Å². The maximum absolute atomic E-state index is 12.8. The van der Waals surface area contributed by atoms with Crippen LogP contribution in [0, 0.1) is 0 Å². The first-order chi connectivity index (χ1) is 10.7. The minimum absolute atomic E-state index is 0.0791. The van der Waals surface area contributed by atoms with E-state index >= 15 is 0 Å². The molecule has 1 aliphatic rings. The molecule has 22 heavy (non-hydrogen) atoms. The van der Waals surface area contributed by atoms with Crippen LogP contribution in [0.2, 0.25) is 0 Å². The van der Waals surface area contributed by atoms with Crippen LogP contribution in [0.3, 0.4) is 0 Å². The third-order valence-corrected chi connectivity index (χ3v) is 4.03. The second-order valence-corrected chi connectivity index (χ2v) is 5.64. The molecule has 2 rings (SSSR count). The zero-order valence-electron chi connectivity index (χ0n) is 13.4. The zero-order chi connectivity index (χ0) is 15.8. The highest BCUT2D eigenvalue weighted by atomic mass is 16.5. The first kappa shape index (κ1) is 16.9. The van der Waals surface area contributed by atoms with Gasteiger partial charge in [-0.25, -0.2) is 0 Å². The number of benzene rings is 1. The van der Waals surface area contributed by atoms with Gasteiger partial charge in [0.25, 0.3) is 5.91 Å². The maximum Gasteiger partial charge on any atom is 0.253 e. The van der Waals surface area contributed by atoms with Crippen molar-refractivity contribution in [2.24, 2.45) is 5.73 Å². The second-order valence-electron chi connectivity index (χ2n) is 5.64. The lowest BCUT2D eigenvalue weighted by molar-refractivity contribution is -0.150. The van der Waals surface area contributed by atoms with Gasteiger partial charge in [-0.05, 0) is 25.1 Å². The molecule has 0 saturated carbocycles. The number of rotatable bonds is 7. The van der Waals surface area contributed by atoms with Crippen LogP contribution in [-0.2, 0) is 16.1 Å². The molecule has 1 unspecified atom stereocenters. The molecular formula is C17H27N3O2. The molecular weight excluding hydrogens is 278 g/mol. The maximum atomic E-state index is 12.8. The van der Waals surface area contributed by atoms with Gasteiger partial charge in [-0.1, -0.05) is 37.3 Å². The Kier molecular flexibility index (Phi) is 6.83. The van der Waals surface area contributed by atoms with E-state index in [1.165, 1.54) is 0 Å². The molecule has 1 aliphatic heterocycles. The molecule has 0 spiro atoms. The summed E-state index contributed by atoms with van der Waals surface area (Å²) in [7, 11) is 0. The molecule has 5 nitrogen and oxygen atoms in total. The SMILES string of the molecule is CCN1CCOC(C(=O)N(CCCN)Cc2ccccc2)C1. The molecule has 0 aliphatic carbocycles. The van der Waals surface area contributed by atoms with Crippen LogP contribution in [0.15, 0.2) is 30.3 Å². The Morgan fingerprint density at radius 2 is 2.18 bits per heavy atom. The highest BCUT2D eigenvalue weighted by Crippen LogP contribution is 2.12. The highest BCUT2D eigenvalue weighted by molar-refractivity contribution is 5.81. The van der Waals surface area contributed by atoms with Crippen LogP contribution in [-0.4, -0.2) is 61.1 Å². The molecule has 1 aromatic carbocycles. The number of nitrogens with zero attached hydrogens (tertiary/aromatic N) is 2. The van der Waals surface area contributed by atoms with Crippen molar-refractivity contribution in [3.05, 3.63) is 35.9 Å². The van der Waals surface area contributed by atoms with E-state index in [0.717, 1.165) is 25.1 Å². The quantitative estimate of drug-likeness (QED) is 0.819. The predicted octanol–water partition coefficient (Wildman–Crippen LogP) is 1.08. The molecule has 1 fully saturated rings. The van der Waals surface area contributed by atoms with Crippen molar-refractivity contribution < 1.29 is 9.53 Å². The molecule has 1 atom stereocenters. The van der Waals surface area contributed by atoms with Gasteiger partial charge >= 0.3 is 0 Å². The number of morpholine rings is 1. The van der Waals surface area contributed by atoms with Gasteiger partial charge in [0.15, 0.2) is 0 Å². The summed E-state index contributed by atoms with van der Waals surface area (Å²) < 4.78 is 5.71. The molecule has 5 heteroatoms. The van der Waals surface area contributed by atoms with E-state index < -0.39 is 0 Å². The van der Waals surface area contributed by atoms with Crippen LogP contribution < -0.4 is 5.73 Å². The summed E-state index contributed by atoms with van der Waals surface area (Å²) in [6, 6.07) is 10.1. The van der Waals surface area contributed by atoms with Crippen LogP contribution >= 0.6 is 0 Å². The molecule has 1 aromatic rings. The van der Waals surface area contributed by atoms with Crippen molar-refractivity contribution in [3.63, 3.8) is 0 Å². The van der Waals surface area contributed by atoms with E-state index in [1.807, 2.05) is 35.2 Å². The Hall–Kier alpha value is -1.43. The molecule has 1 saturated heterocycles. The molecule has 2 N–H and O–H groups in total. The van der Waals surface area contributed by atoms with Crippen molar-refractivity contribution in [1.29, 1.82) is 0 Å². The summed E-state index contributed by atoms with van der Waals surface area (Å²) >= 11 is 0. The van der Waals surface area contributed by atoms with Gasteiger partial charge in [0.05, 0.1) is 6.61 Å². The normalized spacial score (nSPS) is 19.1. The summed E-state index contributed by atoms with van der Waals surface area (Å²) in [5.41, 5.74) is 6.75. The van der Waals surface area contributed by atoms with Crippen molar-refractivity contribution in [1.82, 2.24) is 9.80 Å². The molecule has 1 amide bonds. The number of ether oxygens (including phenoxy) is 1. The number of carbonyl (C=O) groups excluding carboxylic acids is 1. The number of carbonyl (C=O) groups is 1. The largest absolute Gasteiger partial charge is 0.366 e. The van der Waals surface area contributed by atoms with Crippen molar-refractivity contribution in [3.8, 4) is 0 Å². The van der Waals surface area contributed by atoms with E-state index in [2.05, 4.69) is 11.8 Å². The molecule has 0 radical (unpaired) electrons. The van der Waals surface area contributed by atoms with Crippen molar-refractivity contribution in [2.45, 2.75) is 26.0 Å². The number of hydrogen-bond donors (Lipinski definition) is 1. The lowest BCUT2D eigenvalue weighted by Gasteiger charge is -2.34. The lowest BCUT2D eigenvalue weighted by atomic mass is 10.1. The van der Waals surface area contributed by atoms with Gasteiger partial charge in [-0.2, -0.15) is 0 Å². The van der Waals surface area contributed by atoms with Gasteiger partial charge in [0.1, 0.15) is 6.10 Å². The van der Waals surface area contributed by atoms with E-state index in [4.69, 9.17) is 10.5 Å². The van der Waals surface area contributed by atoms with Crippen LogP contribution in [0.5, 0.6) is 0 Å². The number of likely N-dealkylation sites (N-methyl/N-ethyl adjacent to an activating group) is 1. The average Bonchev–Trinajstić information content (AvgIpc) is 2.59. The minimum Gasteiger partial charge on any atom is -0.366 e. The number of hydrogen-bond acceptors (Lipinski definition) is 4. The Bertz CT molecular complexity index is 452. The summed E-state index contributed by atoms with van der Waals surface area (Å²) in [4.78, 5) is 16.9. The standard InChI is InChI=1S/C17H27N3O2/c1-2-19-11-12-22-16(14-19)17(21)20(10-6-9-18)13-15-7-4-3-5-8-15/h3-5,7-8,16H,2,6,9-14,18H2,1H3. The smallest absolute Gasteiger partial charge is 0.253 e. The summed E-state index contributed by atoms with van der Waals surface area (Å²) in [5, 5.41) is 0. The fraction of sp³-hybridized carbons (Fsp3) is 0.588. The number of nitrogens with two attached hydrogens (primary N) is 1. The van der Waals surface area contributed by atoms with Crippen molar-refractivity contribution in [2.75, 3.05) is 39.3 Å². The third-order valence-electron chi connectivity index (χ3n) is 4.03. The number of amides is 1. The van der Waals surface area contributed by atoms with Gasteiger partial charge in [-0.15, -0.1) is 0 Å². The Balaban J connectivity index is 2.02. The van der Waals surface area contributed by atoms with Crippen LogP contribution in [0.1, 0.15) is 18.9 Å². The van der Waals surface area contributed by atoms with E-state index in [0.29, 0.717) is 32.8 Å². The molecule has 0 aromatic heterocycles. The third kappa shape index (κ3) is 4.80. The van der Waals surface area contributed by atoms with Gasteiger partial charge in [0.2, 0.25) is 0 Å². The van der Waals surface area contributed by atoms with Crippen LogP contribution in [0.4, 0.5) is 0 Å². The topological polar surface area (TPSA) is 58.8 Å². The highest BCUT2D eigenvalue weighted by Gasteiger charge is 2.29. The van der Waals surface area contributed by atoms with Crippen molar-refractivity contribution >= 4 is 5.91 Å². The average molecular weight is 305 g/mol. The van der Waals surface area contributed by atoms with Gasteiger partial charge in [-0.3, -0.25) is 9.69 Å². The van der Waals surface area contributed by atoms with E-state index in [1.54, 1.807) is 0 Å². The Labute approximate surface area is 133 Å². The molecule has 0 bridgehead atoms. The van der Waals surface area contributed by atoms with E-state index in [9.17, 15) is 4.79 Å². The van der Waals surface area contributed by atoms with E-state index in [-0.39, 0.29) is 12.0 Å². The summed E-state index contributed by atoms with van der Waals surface area (Å²) in [6.45, 7) is 7.16. The van der Waals surface area contributed by atoms with Crippen LogP contribution in [0.25, 0.3) is 0 Å². The first-order valence-electron chi connectivity index (χ1n) is 8.11.